The summed E-state index contributed by atoms with van der Waals surface area (Å²) in [5.41, 5.74) is 0.779. The standard InChI is InChI=1S/C13H15IN2O3/c14-19-13(18)16-8-4-5-10(9-16)12(17)15-11-6-2-1-3-7-11/h1-3,6-7,10H,4-5,8-9H2,(H,15,17)/t10-/m1/s1. The Kier molecular flexibility index (Phi) is 5.00. The molecular weight excluding hydrogens is 359 g/mol. The second-order valence-corrected chi connectivity index (χ2v) is 4.92. The lowest BCUT2D eigenvalue weighted by molar-refractivity contribution is -0.121. The van der Waals surface area contributed by atoms with Gasteiger partial charge in [-0.1, -0.05) is 18.2 Å². The summed E-state index contributed by atoms with van der Waals surface area (Å²) in [4.78, 5) is 25.2. The number of para-hydroxylation sites is 1. The Morgan fingerprint density at radius 3 is 2.74 bits per heavy atom. The van der Waals surface area contributed by atoms with Gasteiger partial charge in [-0.15, -0.1) is 0 Å². The molecule has 0 saturated carbocycles. The van der Waals surface area contributed by atoms with Crippen LogP contribution in [-0.4, -0.2) is 30.0 Å². The lowest BCUT2D eigenvalue weighted by Gasteiger charge is -2.30. The predicted octanol–water partition coefficient (Wildman–Crippen LogP) is 2.82. The molecule has 0 aromatic heterocycles. The van der Waals surface area contributed by atoms with Crippen LogP contribution in [0.1, 0.15) is 12.8 Å². The molecule has 1 atom stereocenters. The maximum absolute atomic E-state index is 12.1. The second-order valence-electron chi connectivity index (χ2n) is 4.48. The van der Waals surface area contributed by atoms with Crippen molar-refractivity contribution in [3.63, 3.8) is 0 Å². The number of nitrogens with one attached hydrogen (secondary N) is 1. The Hall–Kier alpha value is -1.31. The van der Waals surface area contributed by atoms with E-state index < -0.39 is 0 Å². The summed E-state index contributed by atoms with van der Waals surface area (Å²) < 4.78 is 4.66. The summed E-state index contributed by atoms with van der Waals surface area (Å²) in [5, 5.41) is 2.87. The zero-order valence-corrected chi connectivity index (χ0v) is 12.5. The molecule has 0 radical (unpaired) electrons. The summed E-state index contributed by atoms with van der Waals surface area (Å²) >= 11 is 1.57. The van der Waals surface area contributed by atoms with Crippen molar-refractivity contribution in [3.8, 4) is 0 Å². The van der Waals surface area contributed by atoms with Crippen LogP contribution in [0.25, 0.3) is 0 Å². The van der Waals surface area contributed by atoms with Gasteiger partial charge in [0.2, 0.25) is 5.91 Å². The van der Waals surface area contributed by atoms with Gasteiger partial charge in [0.15, 0.2) is 23.0 Å². The normalized spacial score (nSPS) is 18.8. The molecule has 1 fully saturated rings. The Balaban J connectivity index is 1.94. The minimum Gasteiger partial charge on any atom is -0.378 e. The fraction of sp³-hybridized carbons (Fsp3) is 0.385. The Morgan fingerprint density at radius 1 is 1.32 bits per heavy atom. The average Bonchev–Trinajstić information content (AvgIpc) is 2.47. The molecular formula is C13H15IN2O3. The predicted molar refractivity (Wildman–Crippen MR) is 79.9 cm³/mol. The van der Waals surface area contributed by atoms with Crippen LogP contribution in [0.4, 0.5) is 10.5 Å². The Bertz CT molecular complexity index is 452. The largest absolute Gasteiger partial charge is 0.419 e. The Morgan fingerprint density at radius 2 is 2.05 bits per heavy atom. The van der Waals surface area contributed by atoms with E-state index in [1.165, 1.54) is 0 Å². The van der Waals surface area contributed by atoms with Crippen molar-refractivity contribution in [2.24, 2.45) is 5.92 Å². The topological polar surface area (TPSA) is 58.6 Å². The molecule has 1 aromatic rings. The lowest BCUT2D eigenvalue weighted by Crippen LogP contribution is -2.43. The van der Waals surface area contributed by atoms with Gasteiger partial charge in [-0.25, -0.2) is 4.79 Å². The van der Waals surface area contributed by atoms with E-state index >= 15 is 0 Å². The van der Waals surface area contributed by atoms with Crippen LogP contribution in [0, 0.1) is 5.92 Å². The number of nitrogens with zero attached hydrogens (tertiary/aromatic N) is 1. The third kappa shape index (κ3) is 3.82. The van der Waals surface area contributed by atoms with Crippen LogP contribution in [-0.2, 0) is 7.86 Å². The lowest BCUT2D eigenvalue weighted by atomic mass is 9.97. The van der Waals surface area contributed by atoms with Crippen LogP contribution in [0.15, 0.2) is 30.3 Å². The third-order valence-corrected chi connectivity index (χ3v) is 3.53. The SMILES string of the molecule is O=C(Nc1ccccc1)[C@@H]1CCCN(C(=O)OI)C1. The van der Waals surface area contributed by atoms with Gasteiger partial charge >= 0.3 is 6.09 Å². The summed E-state index contributed by atoms with van der Waals surface area (Å²) in [6, 6.07) is 9.33. The molecule has 0 bridgehead atoms. The van der Waals surface area contributed by atoms with Gasteiger partial charge in [0, 0.05) is 18.8 Å². The number of carbonyl (C=O) groups excluding carboxylic acids is 2. The molecule has 1 aliphatic rings. The zero-order valence-electron chi connectivity index (χ0n) is 10.3. The van der Waals surface area contributed by atoms with Gasteiger partial charge < -0.3 is 13.3 Å². The first-order chi connectivity index (χ1) is 9.20. The molecule has 19 heavy (non-hydrogen) atoms. The van der Waals surface area contributed by atoms with Gasteiger partial charge in [-0.05, 0) is 25.0 Å². The molecule has 1 aromatic carbocycles. The molecule has 0 unspecified atom stereocenters. The fourth-order valence-electron chi connectivity index (χ4n) is 2.17. The van der Waals surface area contributed by atoms with Gasteiger partial charge in [-0.3, -0.25) is 4.79 Å². The van der Waals surface area contributed by atoms with E-state index in [1.807, 2.05) is 30.3 Å². The maximum Gasteiger partial charge on any atom is 0.419 e. The molecule has 6 heteroatoms. The number of halogens is 1. The first-order valence-corrected chi connectivity index (χ1v) is 7.02. The van der Waals surface area contributed by atoms with Gasteiger partial charge in [-0.2, -0.15) is 0 Å². The molecule has 2 amide bonds. The number of carbonyl (C=O) groups is 2. The summed E-state index contributed by atoms with van der Waals surface area (Å²) in [5.74, 6) is -0.221. The molecule has 1 heterocycles. The smallest absolute Gasteiger partial charge is 0.378 e. The van der Waals surface area contributed by atoms with Crippen molar-refractivity contribution in [2.75, 3.05) is 18.4 Å². The van der Waals surface area contributed by atoms with Crippen molar-refractivity contribution in [2.45, 2.75) is 12.8 Å². The summed E-state index contributed by atoms with van der Waals surface area (Å²) in [6.07, 6.45) is 1.24. The number of hydrogen-bond donors (Lipinski definition) is 1. The molecule has 1 saturated heterocycles. The van der Waals surface area contributed by atoms with E-state index in [0.717, 1.165) is 18.5 Å². The van der Waals surface area contributed by atoms with E-state index in [1.54, 1.807) is 27.9 Å². The van der Waals surface area contributed by atoms with Gasteiger partial charge in [0.25, 0.3) is 0 Å². The quantitative estimate of drug-likeness (QED) is 0.810. The molecule has 0 aliphatic carbocycles. The minimum absolute atomic E-state index is 0.0443. The monoisotopic (exact) mass is 374 g/mol. The number of benzene rings is 1. The van der Waals surface area contributed by atoms with E-state index in [0.29, 0.717) is 13.1 Å². The second kappa shape index (κ2) is 6.74. The molecule has 5 nitrogen and oxygen atoms in total. The van der Waals surface area contributed by atoms with Crippen molar-refractivity contribution >= 4 is 40.7 Å². The van der Waals surface area contributed by atoms with Crippen molar-refractivity contribution in [1.29, 1.82) is 0 Å². The van der Waals surface area contributed by atoms with E-state index in [2.05, 4.69) is 8.38 Å². The van der Waals surface area contributed by atoms with Crippen LogP contribution in [0.2, 0.25) is 0 Å². The highest BCUT2D eigenvalue weighted by Crippen LogP contribution is 2.19. The van der Waals surface area contributed by atoms with Crippen molar-refractivity contribution < 1.29 is 12.7 Å². The molecule has 2 rings (SSSR count). The van der Waals surface area contributed by atoms with E-state index in [4.69, 9.17) is 0 Å². The van der Waals surface area contributed by atoms with Crippen molar-refractivity contribution in [1.82, 2.24) is 4.90 Å². The van der Waals surface area contributed by atoms with Crippen molar-refractivity contribution in [3.05, 3.63) is 30.3 Å². The zero-order chi connectivity index (χ0) is 13.7. The summed E-state index contributed by atoms with van der Waals surface area (Å²) in [6.45, 7) is 1.07. The molecule has 102 valence electrons. The number of anilines is 1. The summed E-state index contributed by atoms with van der Waals surface area (Å²) in [7, 11) is 0. The van der Waals surface area contributed by atoms with Crippen LogP contribution in [0.3, 0.4) is 0 Å². The van der Waals surface area contributed by atoms with Crippen LogP contribution >= 0.6 is 23.0 Å². The minimum atomic E-state index is -0.377. The van der Waals surface area contributed by atoms with E-state index in [9.17, 15) is 9.59 Å². The highest BCUT2D eigenvalue weighted by Gasteiger charge is 2.29. The van der Waals surface area contributed by atoms with E-state index in [-0.39, 0.29) is 17.9 Å². The molecule has 0 spiro atoms. The maximum atomic E-state index is 12.1. The number of hydrogen-bond acceptors (Lipinski definition) is 3. The first-order valence-electron chi connectivity index (χ1n) is 6.14. The van der Waals surface area contributed by atoms with Gasteiger partial charge in [0.05, 0.1) is 5.92 Å². The van der Waals surface area contributed by atoms with Gasteiger partial charge in [0.1, 0.15) is 0 Å². The Labute approximate surface area is 126 Å². The number of amides is 2. The number of piperidine rings is 1. The highest BCUT2D eigenvalue weighted by atomic mass is 127. The third-order valence-electron chi connectivity index (χ3n) is 3.16. The first kappa shape index (κ1) is 14.1. The van der Waals surface area contributed by atoms with Crippen LogP contribution in [0.5, 0.6) is 0 Å². The van der Waals surface area contributed by atoms with Crippen LogP contribution < -0.4 is 5.32 Å². The average molecular weight is 374 g/mol. The number of rotatable bonds is 2. The molecule has 1 aliphatic heterocycles. The molecule has 1 N–H and O–H groups in total. The fourth-order valence-corrected chi connectivity index (χ4v) is 2.45. The highest BCUT2D eigenvalue weighted by molar-refractivity contribution is 14.1. The number of likely N-dealkylation sites (tertiary alicyclic amines) is 1.